The number of benzene rings is 7. The van der Waals surface area contributed by atoms with E-state index in [1.54, 1.807) is 0 Å². The molecule has 0 radical (unpaired) electrons. The standard InChI is InChI=1S/C55H51NO/c1-32-18-25-50(44(27-32)42-15-13-16-43-45-28-33(2)26-34(3)51(45)57-52(42)43)56(36-20-23-40-38-14-11-12-17-46(38)54(7,8)48(40)30-36)37-21-24-41-39-22-19-35(53(4,5)6)29-47(39)55(9,10)49(41)31-37/h11-31H,1-10H3. The lowest BCUT2D eigenvalue weighted by molar-refractivity contribution is 0.584. The Morgan fingerprint density at radius 3 is 1.74 bits per heavy atom. The molecule has 0 unspecified atom stereocenters. The van der Waals surface area contributed by atoms with Crippen LogP contribution in [0.4, 0.5) is 17.1 Å². The molecule has 0 amide bonds. The molecule has 0 spiro atoms. The highest BCUT2D eigenvalue weighted by Crippen LogP contribution is 2.54. The molecule has 7 aromatic carbocycles. The zero-order valence-electron chi connectivity index (χ0n) is 35.0. The van der Waals surface area contributed by atoms with Crippen molar-refractivity contribution in [1.82, 2.24) is 0 Å². The monoisotopic (exact) mass is 741 g/mol. The molecule has 2 heteroatoms. The molecule has 282 valence electrons. The summed E-state index contributed by atoms with van der Waals surface area (Å²) in [7, 11) is 0. The van der Waals surface area contributed by atoms with Gasteiger partial charge in [-0.3, -0.25) is 0 Å². The van der Waals surface area contributed by atoms with Gasteiger partial charge in [-0.05, 0) is 130 Å². The summed E-state index contributed by atoms with van der Waals surface area (Å²) in [6.45, 7) is 23.0. The summed E-state index contributed by atoms with van der Waals surface area (Å²) in [5, 5.41) is 2.32. The highest BCUT2D eigenvalue weighted by Gasteiger charge is 2.38. The first kappa shape index (κ1) is 35.5. The second-order valence-corrected chi connectivity index (χ2v) is 18.9. The summed E-state index contributed by atoms with van der Waals surface area (Å²) in [6.07, 6.45) is 0. The topological polar surface area (TPSA) is 16.4 Å². The maximum Gasteiger partial charge on any atom is 0.143 e. The molecule has 2 aliphatic carbocycles. The number of aryl methyl sites for hydroxylation is 3. The van der Waals surface area contributed by atoms with E-state index >= 15 is 0 Å². The maximum atomic E-state index is 6.87. The number of hydrogen-bond donors (Lipinski definition) is 0. The molecule has 0 saturated heterocycles. The molecule has 2 aliphatic rings. The van der Waals surface area contributed by atoms with Crippen LogP contribution in [0, 0.1) is 20.8 Å². The van der Waals surface area contributed by atoms with Crippen LogP contribution < -0.4 is 4.90 Å². The molecule has 0 fully saturated rings. The molecule has 0 bridgehead atoms. The van der Waals surface area contributed by atoms with Crippen LogP contribution in [0.25, 0.3) is 55.3 Å². The van der Waals surface area contributed by atoms with E-state index in [4.69, 9.17) is 4.42 Å². The van der Waals surface area contributed by atoms with Gasteiger partial charge in [-0.15, -0.1) is 0 Å². The minimum absolute atomic E-state index is 0.0743. The quantitative estimate of drug-likeness (QED) is 0.179. The number of fused-ring (bicyclic) bond motifs is 9. The van der Waals surface area contributed by atoms with E-state index in [1.807, 2.05) is 0 Å². The minimum Gasteiger partial charge on any atom is -0.455 e. The highest BCUT2D eigenvalue weighted by molar-refractivity contribution is 6.11. The second-order valence-electron chi connectivity index (χ2n) is 18.9. The summed E-state index contributed by atoms with van der Waals surface area (Å²) < 4.78 is 6.87. The average Bonchev–Trinajstić information content (AvgIpc) is 3.75. The van der Waals surface area contributed by atoms with Crippen LogP contribution in [-0.2, 0) is 16.2 Å². The Morgan fingerprint density at radius 2 is 1.05 bits per heavy atom. The summed E-state index contributed by atoms with van der Waals surface area (Å²) in [6, 6.07) is 48.4. The zero-order valence-corrected chi connectivity index (χ0v) is 35.0. The average molecular weight is 742 g/mol. The van der Waals surface area contributed by atoms with Crippen LogP contribution in [0.15, 0.2) is 132 Å². The fourth-order valence-corrected chi connectivity index (χ4v) is 10.1. The van der Waals surface area contributed by atoms with E-state index in [0.29, 0.717) is 0 Å². The van der Waals surface area contributed by atoms with E-state index in [-0.39, 0.29) is 16.2 Å². The van der Waals surface area contributed by atoms with Gasteiger partial charge in [0, 0.05) is 44.1 Å². The highest BCUT2D eigenvalue weighted by atomic mass is 16.3. The normalized spacial score (nSPS) is 14.8. The number of rotatable bonds is 4. The molecule has 2 nitrogen and oxygen atoms in total. The Bertz CT molecular complexity index is 2980. The number of nitrogens with zero attached hydrogens (tertiary/aromatic N) is 1. The maximum absolute atomic E-state index is 6.87. The largest absolute Gasteiger partial charge is 0.455 e. The van der Waals surface area contributed by atoms with Gasteiger partial charge in [-0.2, -0.15) is 0 Å². The molecule has 57 heavy (non-hydrogen) atoms. The molecule has 1 heterocycles. The predicted molar refractivity (Wildman–Crippen MR) is 242 cm³/mol. The Hall–Kier alpha value is -5.86. The van der Waals surface area contributed by atoms with Crippen LogP contribution in [0.3, 0.4) is 0 Å². The molecule has 8 aromatic rings. The van der Waals surface area contributed by atoms with E-state index in [9.17, 15) is 0 Å². The SMILES string of the molecule is Cc1ccc(N(c2ccc3c(c2)C(C)(C)c2ccccc2-3)c2ccc3c(c2)C(C)(C)c2cc(C(C)(C)C)ccc2-3)c(-c2cccc3c2oc2c(C)cc(C)cc23)c1. The molecule has 10 rings (SSSR count). The number of furan rings is 1. The molecule has 0 aliphatic heterocycles. The van der Waals surface area contributed by atoms with E-state index in [0.717, 1.165) is 50.3 Å². The van der Waals surface area contributed by atoms with Gasteiger partial charge in [0.2, 0.25) is 0 Å². The minimum atomic E-state index is -0.166. The molecular formula is C55H51NO. The van der Waals surface area contributed by atoms with Gasteiger partial charge in [0.25, 0.3) is 0 Å². The van der Waals surface area contributed by atoms with Crippen molar-refractivity contribution >= 4 is 39.0 Å². The number of hydrogen-bond acceptors (Lipinski definition) is 2. The summed E-state index contributed by atoms with van der Waals surface area (Å²) in [5.74, 6) is 0. The molecule has 0 saturated carbocycles. The Kier molecular flexibility index (Phi) is 7.53. The van der Waals surface area contributed by atoms with Crippen molar-refractivity contribution in [2.24, 2.45) is 0 Å². The van der Waals surface area contributed by atoms with Crippen LogP contribution in [0.1, 0.15) is 93.0 Å². The van der Waals surface area contributed by atoms with Crippen LogP contribution in [-0.4, -0.2) is 0 Å². The van der Waals surface area contributed by atoms with Crippen molar-refractivity contribution in [3.63, 3.8) is 0 Å². The van der Waals surface area contributed by atoms with Gasteiger partial charge in [0.05, 0.1) is 5.69 Å². The van der Waals surface area contributed by atoms with E-state index in [1.165, 1.54) is 66.6 Å². The Morgan fingerprint density at radius 1 is 0.456 bits per heavy atom. The summed E-state index contributed by atoms with van der Waals surface area (Å²) in [5.41, 5.74) is 23.1. The van der Waals surface area contributed by atoms with Crippen molar-refractivity contribution in [3.8, 4) is 33.4 Å². The van der Waals surface area contributed by atoms with Crippen molar-refractivity contribution in [3.05, 3.63) is 172 Å². The van der Waals surface area contributed by atoms with Crippen LogP contribution in [0.2, 0.25) is 0 Å². The lowest BCUT2D eigenvalue weighted by Gasteiger charge is -2.31. The Balaban J connectivity index is 1.22. The summed E-state index contributed by atoms with van der Waals surface area (Å²) in [4.78, 5) is 2.50. The molecular weight excluding hydrogens is 691 g/mol. The van der Waals surface area contributed by atoms with Crippen molar-refractivity contribution in [2.45, 2.75) is 85.5 Å². The number of para-hydroxylation sites is 1. The van der Waals surface area contributed by atoms with Crippen molar-refractivity contribution < 1.29 is 4.42 Å². The fraction of sp³-hybridized carbons (Fsp3) is 0.236. The zero-order chi connectivity index (χ0) is 39.8. The first-order valence-electron chi connectivity index (χ1n) is 20.5. The number of anilines is 3. The Labute approximate surface area is 337 Å². The van der Waals surface area contributed by atoms with Gasteiger partial charge in [-0.25, -0.2) is 0 Å². The molecule has 0 atom stereocenters. The van der Waals surface area contributed by atoms with Gasteiger partial charge in [0.1, 0.15) is 11.2 Å². The lowest BCUT2D eigenvalue weighted by Crippen LogP contribution is -2.19. The molecule has 0 N–H and O–H groups in total. The van der Waals surface area contributed by atoms with E-state index in [2.05, 4.69) is 202 Å². The van der Waals surface area contributed by atoms with Crippen LogP contribution in [0.5, 0.6) is 0 Å². The van der Waals surface area contributed by atoms with Gasteiger partial charge >= 0.3 is 0 Å². The summed E-state index contributed by atoms with van der Waals surface area (Å²) >= 11 is 0. The van der Waals surface area contributed by atoms with Gasteiger partial charge < -0.3 is 9.32 Å². The van der Waals surface area contributed by atoms with Crippen molar-refractivity contribution in [1.29, 1.82) is 0 Å². The van der Waals surface area contributed by atoms with Gasteiger partial charge in [-0.1, -0.05) is 139 Å². The lowest BCUT2D eigenvalue weighted by atomic mass is 9.79. The second kappa shape index (κ2) is 12.1. The molecule has 1 aromatic heterocycles. The fourth-order valence-electron chi connectivity index (χ4n) is 10.1. The van der Waals surface area contributed by atoms with Gasteiger partial charge in [0.15, 0.2) is 0 Å². The first-order valence-corrected chi connectivity index (χ1v) is 20.5. The predicted octanol–water partition coefficient (Wildman–Crippen LogP) is 15.6. The third-order valence-corrected chi connectivity index (χ3v) is 13.2. The third-order valence-electron chi connectivity index (χ3n) is 13.2. The smallest absolute Gasteiger partial charge is 0.143 e. The van der Waals surface area contributed by atoms with Crippen molar-refractivity contribution in [2.75, 3.05) is 4.90 Å². The van der Waals surface area contributed by atoms with E-state index < -0.39 is 0 Å². The third kappa shape index (κ3) is 5.22. The van der Waals surface area contributed by atoms with Crippen LogP contribution >= 0.6 is 0 Å². The first-order chi connectivity index (χ1) is 27.1.